The Morgan fingerprint density at radius 3 is 2.50 bits per heavy atom. The zero-order chi connectivity index (χ0) is 13.1. The van der Waals surface area contributed by atoms with Gasteiger partial charge in [-0.15, -0.1) is 0 Å². The van der Waals surface area contributed by atoms with Gasteiger partial charge in [0, 0.05) is 11.1 Å². The molecule has 1 aliphatic heterocycles. The number of rotatable bonds is 4. The van der Waals surface area contributed by atoms with E-state index in [0.717, 1.165) is 23.4 Å². The number of nitrogens with one attached hydrogen (secondary N) is 1. The van der Waals surface area contributed by atoms with Crippen molar-refractivity contribution in [3.8, 4) is 0 Å². The van der Waals surface area contributed by atoms with Crippen molar-refractivity contribution in [1.29, 1.82) is 0 Å². The highest BCUT2D eigenvalue weighted by molar-refractivity contribution is 6.30. The number of hydrogen-bond donors (Lipinski definition) is 1. The van der Waals surface area contributed by atoms with Crippen molar-refractivity contribution in [3.63, 3.8) is 0 Å². The van der Waals surface area contributed by atoms with Gasteiger partial charge in [-0.1, -0.05) is 37.6 Å². The van der Waals surface area contributed by atoms with Gasteiger partial charge >= 0.3 is 0 Å². The van der Waals surface area contributed by atoms with E-state index in [0.29, 0.717) is 12.6 Å². The van der Waals surface area contributed by atoms with E-state index in [4.69, 9.17) is 11.6 Å². The lowest BCUT2D eigenvalue weighted by atomic mass is 10.1. The molecule has 1 aromatic carbocycles. The Morgan fingerprint density at radius 1 is 1.33 bits per heavy atom. The number of halogens is 1. The molecule has 0 aliphatic carbocycles. The summed E-state index contributed by atoms with van der Waals surface area (Å²) < 4.78 is 0. The van der Waals surface area contributed by atoms with Crippen LogP contribution in [0.25, 0.3) is 0 Å². The smallest absolute Gasteiger partial charge is 0.238 e. The molecule has 1 aliphatic rings. The summed E-state index contributed by atoms with van der Waals surface area (Å²) in [5.74, 6) is 0.184. The first-order valence-electron chi connectivity index (χ1n) is 6.47. The van der Waals surface area contributed by atoms with Crippen LogP contribution in [-0.4, -0.2) is 23.4 Å². The Labute approximate surface area is 113 Å². The zero-order valence-corrected chi connectivity index (χ0v) is 11.6. The van der Waals surface area contributed by atoms with E-state index in [2.05, 4.69) is 19.2 Å². The highest BCUT2D eigenvalue weighted by atomic mass is 35.5. The molecule has 1 heterocycles. The van der Waals surface area contributed by atoms with Crippen LogP contribution in [-0.2, 0) is 4.79 Å². The molecule has 98 valence electrons. The molecule has 0 bridgehead atoms. The van der Waals surface area contributed by atoms with Crippen LogP contribution >= 0.6 is 11.6 Å². The average molecular weight is 267 g/mol. The molecular formula is C14H19ClN2O. The molecule has 0 saturated carbocycles. The van der Waals surface area contributed by atoms with Crippen molar-refractivity contribution in [2.75, 3.05) is 6.54 Å². The van der Waals surface area contributed by atoms with Crippen LogP contribution in [0.5, 0.6) is 0 Å². The fourth-order valence-corrected chi connectivity index (χ4v) is 2.66. The Kier molecular flexibility index (Phi) is 4.25. The first kappa shape index (κ1) is 13.4. The molecule has 1 saturated heterocycles. The summed E-state index contributed by atoms with van der Waals surface area (Å²) in [6.07, 6.45) is 1.95. The van der Waals surface area contributed by atoms with E-state index in [1.807, 2.05) is 29.2 Å². The van der Waals surface area contributed by atoms with Crippen LogP contribution in [0.15, 0.2) is 24.3 Å². The van der Waals surface area contributed by atoms with Gasteiger partial charge in [0.2, 0.25) is 5.91 Å². The number of benzene rings is 1. The second-order valence-corrected chi connectivity index (χ2v) is 5.04. The second kappa shape index (κ2) is 5.72. The third-order valence-corrected chi connectivity index (χ3v) is 3.79. The van der Waals surface area contributed by atoms with E-state index in [1.54, 1.807) is 0 Å². The number of amides is 1. The monoisotopic (exact) mass is 266 g/mol. The van der Waals surface area contributed by atoms with E-state index in [1.165, 1.54) is 0 Å². The van der Waals surface area contributed by atoms with Crippen LogP contribution in [0, 0.1) is 0 Å². The van der Waals surface area contributed by atoms with E-state index in [-0.39, 0.29) is 12.1 Å². The molecule has 0 spiro atoms. The maximum atomic E-state index is 12.0. The van der Waals surface area contributed by atoms with E-state index in [9.17, 15) is 4.79 Å². The van der Waals surface area contributed by atoms with Gasteiger partial charge in [-0.3, -0.25) is 10.1 Å². The van der Waals surface area contributed by atoms with Crippen molar-refractivity contribution in [2.24, 2.45) is 0 Å². The van der Waals surface area contributed by atoms with Gasteiger partial charge in [-0.25, -0.2) is 0 Å². The Balaban J connectivity index is 2.26. The van der Waals surface area contributed by atoms with E-state index >= 15 is 0 Å². The predicted molar refractivity (Wildman–Crippen MR) is 73.4 cm³/mol. The predicted octanol–water partition coefficient (Wildman–Crippen LogP) is 2.96. The fourth-order valence-electron chi connectivity index (χ4n) is 2.54. The highest BCUT2D eigenvalue weighted by Gasteiger charge is 2.35. The Bertz CT molecular complexity index is 414. The Hall–Kier alpha value is -1.06. The molecule has 0 radical (unpaired) electrons. The average Bonchev–Trinajstić information content (AvgIpc) is 2.75. The second-order valence-electron chi connectivity index (χ2n) is 4.61. The molecule has 0 aromatic heterocycles. The normalized spacial score (nSPS) is 19.9. The summed E-state index contributed by atoms with van der Waals surface area (Å²) in [5.41, 5.74) is 1.09. The number of hydrogen-bond acceptors (Lipinski definition) is 2. The van der Waals surface area contributed by atoms with Crippen LogP contribution in [0.4, 0.5) is 0 Å². The van der Waals surface area contributed by atoms with Gasteiger partial charge in [-0.05, 0) is 30.5 Å². The van der Waals surface area contributed by atoms with Crippen LogP contribution in [0.1, 0.15) is 38.4 Å². The van der Waals surface area contributed by atoms with Gasteiger partial charge in [0.1, 0.15) is 6.17 Å². The van der Waals surface area contributed by atoms with Crippen LogP contribution in [0.3, 0.4) is 0 Å². The summed E-state index contributed by atoms with van der Waals surface area (Å²) in [6.45, 7) is 4.67. The standard InChI is InChI=1S/C14H19ClN2O/c1-3-12(4-2)17-13(18)9-16-14(17)10-5-7-11(15)8-6-10/h5-8,12,14,16H,3-4,9H2,1-2H3. The quantitative estimate of drug-likeness (QED) is 0.909. The molecule has 1 atom stereocenters. The molecule has 4 heteroatoms. The van der Waals surface area contributed by atoms with Crippen LogP contribution in [0.2, 0.25) is 5.02 Å². The summed E-state index contributed by atoms with van der Waals surface area (Å²) >= 11 is 5.90. The maximum Gasteiger partial charge on any atom is 0.238 e. The molecule has 1 unspecified atom stereocenters. The molecule has 1 N–H and O–H groups in total. The van der Waals surface area contributed by atoms with Crippen molar-refractivity contribution >= 4 is 17.5 Å². The van der Waals surface area contributed by atoms with Crippen LogP contribution < -0.4 is 5.32 Å². The summed E-state index contributed by atoms with van der Waals surface area (Å²) in [5, 5.41) is 3.99. The van der Waals surface area contributed by atoms with Crippen molar-refractivity contribution in [3.05, 3.63) is 34.9 Å². The Morgan fingerprint density at radius 2 is 1.94 bits per heavy atom. The molecular weight excluding hydrogens is 248 g/mol. The van der Waals surface area contributed by atoms with Crippen molar-refractivity contribution < 1.29 is 4.79 Å². The summed E-state index contributed by atoms with van der Waals surface area (Å²) in [6, 6.07) is 7.99. The maximum absolute atomic E-state index is 12.0. The zero-order valence-electron chi connectivity index (χ0n) is 10.8. The van der Waals surface area contributed by atoms with Gasteiger partial charge in [0.15, 0.2) is 0 Å². The number of nitrogens with zero attached hydrogens (tertiary/aromatic N) is 1. The largest absolute Gasteiger partial charge is 0.319 e. The number of carbonyl (C=O) groups is 1. The molecule has 3 nitrogen and oxygen atoms in total. The topological polar surface area (TPSA) is 32.3 Å². The first-order valence-corrected chi connectivity index (χ1v) is 6.85. The molecule has 1 amide bonds. The first-order chi connectivity index (χ1) is 8.67. The van der Waals surface area contributed by atoms with Gasteiger partial charge in [0.05, 0.1) is 6.54 Å². The van der Waals surface area contributed by atoms with Gasteiger partial charge in [-0.2, -0.15) is 0 Å². The lowest BCUT2D eigenvalue weighted by molar-refractivity contribution is -0.130. The summed E-state index contributed by atoms with van der Waals surface area (Å²) in [4.78, 5) is 14.0. The lowest BCUT2D eigenvalue weighted by Crippen LogP contribution is -2.39. The van der Waals surface area contributed by atoms with Crippen molar-refractivity contribution in [2.45, 2.75) is 38.9 Å². The minimum atomic E-state index is -0.0142. The third-order valence-electron chi connectivity index (χ3n) is 3.53. The van der Waals surface area contributed by atoms with Gasteiger partial charge in [0.25, 0.3) is 0 Å². The minimum Gasteiger partial charge on any atom is -0.319 e. The third kappa shape index (κ3) is 2.52. The molecule has 18 heavy (non-hydrogen) atoms. The number of carbonyl (C=O) groups excluding carboxylic acids is 1. The van der Waals surface area contributed by atoms with Crippen molar-refractivity contribution in [1.82, 2.24) is 10.2 Å². The molecule has 1 fully saturated rings. The fraction of sp³-hybridized carbons (Fsp3) is 0.500. The lowest BCUT2D eigenvalue weighted by Gasteiger charge is -2.32. The van der Waals surface area contributed by atoms with Gasteiger partial charge < -0.3 is 4.90 Å². The molecule has 1 aromatic rings. The SMILES string of the molecule is CCC(CC)N1C(=O)CNC1c1ccc(Cl)cc1. The van der Waals surface area contributed by atoms with E-state index < -0.39 is 0 Å². The summed E-state index contributed by atoms with van der Waals surface area (Å²) in [7, 11) is 0. The molecule has 2 rings (SSSR count). The minimum absolute atomic E-state index is 0.0142. The highest BCUT2D eigenvalue weighted by Crippen LogP contribution is 2.27.